The van der Waals surface area contributed by atoms with Gasteiger partial charge in [0, 0.05) is 41.9 Å². The summed E-state index contributed by atoms with van der Waals surface area (Å²) in [6.45, 7) is 4.69. The number of ether oxygens (including phenoxy) is 1. The van der Waals surface area contributed by atoms with E-state index in [-0.39, 0.29) is 18.1 Å². The maximum atomic E-state index is 13.3. The lowest BCUT2D eigenvalue weighted by Gasteiger charge is -2.31. The number of aryl methyl sites for hydroxylation is 1. The molecule has 42 heavy (non-hydrogen) atoms. The Balaban J connectivity index is 1.28. The lowest BCUT2D eigenvalue weighted by atomic mass is 10.0. The summed E-state index contributed by atoms with van der Waals surface area (Å²) in [5, 5.41) is 5.19. The lowest BCUT2D eigenvalue weighted by Crippen LogP contribution is -2.36. The number of thiophene rings is 1. The normalized spacial score (nSPS) is 17.0. The Morgan fingerprint density at radius 3 is 2.57 bits per heavy atom. The van der Waals surface area contributed by atoms with Crippen molar-refractivity contribution in [1.82, 2.24) is 4.90 Å². The number of unbranched alkanes of at least 4 members (excludes halogenated alkanes) is 3. The second-order valence-electron chi connectivity index (χ2n) is 11.5. The third-order valence-electron chi connectivity index (χ3n) is 8.32. The van der Waals surface area contributed by atoms with Crippen molar-refractivity contribution in [3.8, 4) is 10.4 Å². The van der Waals surface area contributed by atoms with E-state index in [1.54, 1.807) is 23.5 Å². The summed E-state index contributed by atoms with van der Waals surface area (Å²) in [5.41, 5.74) is 5.24. The molecule has 2 aliphatic rings. The average molecular weight is 607 g/mol. The van der Waals surface area contributed by atoms with Gasteiger partial charge in [-0.25, -0.2) is 8.42 Å². The second-order valence-corrected chi connectivity index (χ2v) is 14.5. The van der Waals surface area contributed by atoms with Crippen LogP contribution in [0.5, 0.6) is 0 Å². The molecule has 1 amide bonds. The summed E-state index contributed by atoms with van der Waals surface area (Å²) < 4.78 is 31.7. The standard InChI is InChI=1S/C34H42N2O4S2/c1-3-4-5-6-7-26-20-32(41-24-26)27-10-13-33-29(21-27)22-28(16-19-42(33,38)39)34(37)35-30-11-8-25(9-12-30)23-36(2)31-14-17-40-18-15-31/h8-13,20-22,24,31H,3-7,14-19,23H2,1-2H3,(H,35,37). The molecule has 0 bridgehead atoms. The monoisotopic (exact) mass is 606 g/mol. The van der Waals surface area contributed by atoms with Gasteiger partial charge in [0.15, 0.2) is 9.84 Å². The number of hydrogen-bond acceptors (Lipinski definition) is 6. The molecule has 1 aromatic heterocycles. The fraction of sp³-hybridized carbons (Fsp3) is 0.441. The molecule has 1 fully saturated rings. The maximum Gasteiger partial charge on any atom is 0.251 e. The molecule has 2 aliphatic heterocycles. The van der Waals surface area contributed by atoms with E-state index >= 15 is 0 Å². The molecule has 0 atom stereocenters. The van der Waals surface area contributed by atoms with Crippen molar-refractivity contribution in [1.29, 1.82) is 0 Å². The van der Waals surface area contributed by atoms with Crippen molar-refractivity contribution < 1.29 is 17.9 Å². The molecule has 0 spiro atoms. The van der Waals surface area contributed by atoms with Crippen LogP contribution in [0.4, 0.5) is 5.69 Å². The van der Waals surface area contributed by atoms with Crippen LogP contribution in [0.25, 0.3) is 16.5 Å². The highest BCUT2D eigenvalue weighted by atomic mass is 32.2. The Kier molecular flexibility index (Phi) is 10.3. The highest BCUT2D eigenvalue weighted by Gasteiger charge is 2.25. The molecule has 1 N–H and O–H groups in total. The fourth-order valence-electron chi connectivity index (χ4n) is 5.75. The predicted molar refractivity (Wildman–Crippen MR) is 173 cm³/mol. The number of hydrogen-bond donors (Lipinski definition) is 1. The number of sulfone groups is 1. The molecule has 8 heteroatoms. The van der Waals surface area contributed by atoms with E-state index in [1.807, 2.05) is 36.4 Å². The van der Waals surface area contributed by atoms with Crippen molar-refractivity contribution in [3.05, 3.63) is 76.2 Å². The number of fused-ring (bicyclic) bond motifs is 1. The summed E-state index contributed by atoms with van der Waals surface area (Å²) in [6, 6.07) is 16.2. The van der Waals surface area contributed by atoms with Crippen LogP contribution in [0.15, 0.2) is 64.4 Å². The number of anilines is 1. The zero-order valence-electron chi connectivity index (χ0n) is 24.7. The van der Waals surface area contributed by atoms with Gasteiger partial charge < -0.3 is 10.1 Å². The van der Waals surface area contributed by atoms with E-state index in [0.29, 0.717) is 27.8 Å². The van der Waals surface area contributed by atoms with Gasteiger partial charge in [0.25, 0.3) is 5.91 Å². The van der Waals surface area contributed by atoms with Crippen molar-refractivity contribution in [2.75, 3.05) is 31.3 Å². The largest absolute Gasteiger partial charge is 0.381 e. The van der Waals surface area contributed by atoms with E-state index < -0.39 is 9.84 Å². The fourth-order valence-corrected chi connectivity index (χ4v) is 8.16. The number of amides is 1. The van der Waals surface area contributed by atoms with Gasteiger partial charge in [-0.15, -0.1) is 11.3 Å². The van der Waals surface area contributed by atoms with Crippen LogP contribution < -0.4 is 5.32 Å². The Bertz CT molecular complexity index is 1500. The lowest BCUT2D eigenvalue weighted by molar-refractivity contribution is -0.112. The topological polar surface area (TPSA) is 75.7 Å². The minimum Gasteiger partial charge on any atom is -0.381 e. The van der Waals surface area contributed by atoms with Crippen LogP contribution >= 0.6 is 11.3 Å². The maximum absolute atomic E-state index is 13.3. The first-order chi connectivity index (χ1) is 20.3. The molecule has 0 radical (unpaired) electrons. The van der Waals surface area contributed by atoms with E-state index in [2.05, 4.69) is 35.6 Å². The average Bonchev–Trinajstić information content (AvgIpc) is 3.42. The van der Waals surface area contributed by atoms with E-state index in [0.717, 1.165) is 49.5 Å². The van der Waals surface area contributed by atoms with Gasteiger partial charge in [-0.3, -0.25) is 9.69 Å². The molecule has 3 heterocycles. The first-order valence-corrected chi connectivity index (χ1v) is 17.7. The zero-order chi connectivity index (χ0) is 29.5. The minimum atomic E-state index is -3.50. The van der Waals surface area contributed by atoms with E-state index in [1.165, 1.54) is 36.8 Å². The molecule has 5 rings (SSSR count). The van der Waals surface area contributed by atoms with Crippen LogP contribution in [-0.2, 0) is 32.3 Å². The summed E-state index contributed by atoms with van der Waals surface area (Å²) in [5.74, 6) is -0.349. The van der Waals surface area contributed by atoms with Crippen molar-refractivity contribution in [3.63, 3.8) is 0 Å². The molecule has 2 aromatic carbocycles. The zero-order valence-corrected chi connectivity index (χ0v) is 26.4. The summed E-state index contributed by atoms with van der Waals surface area (Å²) in [6.07, 6.45) is 10.0. The van der Waals surface area contributed by atoms with Gasteiger partial charge in [-0.1, -0.05) is 44.4 Å². The number of carbonyl (C=O) groups excluding carboxylic acids is 1. The second kappa shape index (κ2) is 14.1. The molecule has 0 saturated carbocycles. The number of rotatable bonds is 11. The van der Waals surface area contributed by atoms with Gasteiger partial charge in [0.1, 0.15) is 0 Å². The van der Waals surface area contributed by atoms with Crippen LogP contribution in [0.3, 0.4) is 0 Å². The van der Waals surface area contributed by atoms with E-state index in [9.17, 15) is 13.2 Å². The van der Waals surface area contributed by atoms with Gasteiger partial charge in [-0.2, -0.15) is 0 Å². The van der Waals surface area contributed by atoms with Crippen LogP contribution in [0, 0.1) is 0 Å². The van der Waals surface area contributed by atoms with Gasteiger partial charge in [0.05, 0.1) is 10.6 Å². The number of benzene rings is 2. The quantitative estimate of drug-likeness (QED) is 0.231. The first-order valence-electron chi connectivity index (χ1n) is 15.2. The van der Waals surface area contributed by atoms with E-state index in [4.69, 9.17) is 4.74 Å². The Hall–Kier alpha value is -2.78. The highest BCUT2D eigenvalue weighted by molar-refractivity contribution is 7.91. The van der Waals surface area contributed by atoms with Crippen LogP contribution in [0.2, 0.25) is 0 Å². The number of nitrogens with one attached hydrogen (secondary N) is 1. The number of nitrogens with zero attached hydrogens (tertiary/aromatic N) is 1. The minimum absolute atomic E-state index is 0.0863. The van der Waals surface area contributed by atoms with Crippen LogP contribution in [-0.4, -0.2) is 51.3 Å². The Morgan fingerprint density at radius 1 is 1.02 bits per heavy atom. The van der Waals surface area contributed by atoms with Gasteiger partial charge in [-0.05, 0) is 103 Å². The Morgan fingerprint density at radius 2 is 1.81 bits per heavy atom. The van der Waals surface area contributed by atoms with Crippen molar-refractivity contribution >= 4 is 38.8 Å². The van der Waals surface area contributed by atoms with Gasteiger partial charge in [0.2, 0.25) is 0 Å². The molecule has 224 valence electrons. The molecular formula is C34H42N2O4S2. The summed E-state index contributed by atoms with van der Waals surface area (Å²) in [4.78, 5) is 17.1. The molecule has 3 aromatic rings. The first kappa shape index (κ1) is 30.7. The smallest absolute Gasteiger partial charge is 0.251 e. The summed E-state index contributed by atoms with van der Waals surface area (Å²) in [7, 11) is -1.35. The summed E-state index contributed by atoms with van der Waals surface area (Å²) >= 11 is 1.69. The number of carbonyl (C=O) groups is 1. The highest BCUT2D eigenvalue weighted by Crippen LogP contribution is 2.34. The Labute approximate surface area is 254 Å². The predicted octanol–water partition coefficient (Wildman–Crippen LogP) is 7.35. The third-order valence-corrected chi connectivity index (χ3v) is 11.1. The molecule has 0 unspecified atom stereocenters. The molecular weight excluding hydrogens is 565 g/mol. The molecule has 0 aliphatic carbocycles. The van der Waals surface area contributed by atoms with Crippen LogP contribution in [0.1, 0.15) is 68.6 Å². The SMILES string of the molecule is CCCCCCc1csc(-c2ccc3c(c2)C=C(C(=O)Nc2ccc(CN(C)C4CCOCC4)cc2)CCS3(=O)=O)c1. The third kappa shape index (κ3) is 7.78. The molecule has 1 saturated heterocycles. The molecule has 6 nitrogen and oxygen atoms in total. The van der Waals surface area contributed by atoms with Crippen molar-refractivity contribution in [2.24, 2.45) is 0 Å². The van der Waals surface area contributed by atoms with Gasteiger partial charge >= 0.3 is 0 Å². The van der Waals surface area contributed by atoms with Crippen molar-refractivity contribution in [2.45, 2.75) is 75.8 Å².